The Morgan fingerprint density at radius 3 is 2.67 bits per heavy atom. The van der Waals surface area contributed by atoms with Gasteiger partial charge in [-0.3, -0.25) is 4.79 Å². The Hall–Kier alpha value is -2.66. The first-order valence-electron chi connectivity index (χ1n) is 8.73. The Bertz CT molecular complexity index is 1010. The number of nitrogens with one attached hydrogen (secondary N) is 1. The van der Waals surface area contributed by atoms with E-state index >= 15 is 0 Å². The van der Waals surface area contributed by atoms with Crippen molar-refractivity contribution in [1.82, 2.24) is 5.43 Å². The number of benzene rings is 3. The second kappa shape index (κ2) is 8.35. The monoisotopic (exact) mass is 424 g/mol. The lowest BCUT2D eigenvalue weighted by Gasteiger charge is -2.11. The lowest BCUT2D eigenvalue weighted by molar-refractivity contribution is 0.0956. The molecule has 0 aliphatic rings. The van der Waals surface area contributed by atoms with Crippen molar-refractivity contribution < 1.29 is 9.53 Å². The van der Waals surface area contributed by atoms with E-state index in [2.05, 4.69) is 26.5 Å². The molecule has 0 radical (unpaired) electrons. The van der Waals surface area contributed by atoms with Crippen LogP contribution in [0.4, 0.5) is 0 Å². The van der Waals surface area contributed by atoms with Crippen LogP contribution in [0.5, 0.6) is 5.75 Å². The average molecular weight is 425 g/mol. The topological polar surface area (TPSA) is 50.7 Å². The Morgan fingerprint density at radius 2 is 1.93 bits per heavy atom. The number of aryl methyl sites for hydroxylation is 1. The quantitative estimate of drug-likeness (QED) is 0.436. The van der Waals surface area contributed by atoms with Crippen LogP contribution in [0, 0.1) is 6.92 Å². The van der Waals surface area contributed by atoms with Crippen LogP contribution < -0.4 is 10.2 Å². The zero-order valence-electron chi connectivity index (χ0n) is 15.5. The van der Waals surface area contributed by atoms with Crippen molar-refractivity contribution in [3.63, 3.8) is 0 Å². The maximum atomic E-state index is 12.7. The molecule has 0 aromatic heterocycles. The minimum Gasteiger partial charge on any atom is -0.490 e. The van der Waals surface area contributed by atoms with Crippen LogP contribution in [0.2, 0.25) is 0 Å². The van der Waals surface area contributed by atoms with E-state index in [0.717, 1.165) is 32.1 Å². The standard InChI is InChI=1S/C22H21BrN2O2/c1-14(2)27-20-11-9-16(12-19(20)23)13-24-25-22(26)21-15(3)8-10-17-6-4-5-7-18(17)21/h4-14H,1-3H3,(H,25,26)/b24-13-. The van der Waals surface area contributed by atoms with Crippen molar-refractivity contribution in [3.8, 4) is 5.75 Å². The van der Waals surface area contributed by atoms with E-state index < -0.39 is 0 Å². The van der Waals surface area contributed by atoms with E-state index in [0.29, 0.717) is 5.56 Å². The minimum atomic E-state index is -0.223. The normalized spacial score (nSPS) is 11.3. The van der Waals surface area contributed by atoms with Crippen LogP contribution in [0.3, 0.4) is 0 Å². The average Bonchev–Trinajstić information content (AvgIpc) is 2.63. The van der Waals surface area contributed by atoms with Crippen LogP contribution >= 0.6 is 15.9 Å². The summed E-state index contributed by atoms with van der Waals surface area (Å²) in [6.45, 7) is 5.88. The molecule has 3 aromatic carbocycles. The third kappa shape index (κ3) is 4.55. The number of amides is 1. The van der Waals surface area contributed by atoms with Crippen molar-refractivity contribution in [1.29, 1.82) is 0 Å². The van der Waals surface area contributed by atoms with Crippen LogP contribution in [0.1, 0.15) is 35.3 Å². The van der Waals surface area contributed by atoms with Crippen LogP contribution in [0.15, 0.2) is 64.2 Å². The molecule has 0 heterocycles. The van der Waals surface area contributed by atoms with Gasteiger partial charge in [0.15, 0.2) is 0 Å². The number of carbonyl (C=O) groups excluding carboxylic acids is 1. The highest BCUT2D eigenvalue weighted by molar-refractivity contribution is 9.10. The molecule has 5 heteroatoms. The van der Waals surface area contributed by atoms with Crippen molar-refractivity contribution in [2.75, 3.05) is 0 Å². The molecule has 0 saturated heterocycles. The molecular formula is C22H21BrN2O2. The van der Waals surface area contributed by atoms with Crippen molar-refractivity contribution in [3.05, 3.63) is 75.8 Å². The van der Waals surface area contributed by atoms with Gasteiger partial charge in [-0.2, -0.15) is 5.10 Å². The SMILES string of the molecule is Cc1ccc2ccccc2c1C(=O)N/N=C\c1ccc(OC(C)C)c(Br)c1. The summed E-state index contributed by atoms with van der Waals surface area (Å²) in [5.74, 6) is 0.553. The van der Waals surface area contributed by atoms with Crippen molar-refractivity contribution in [2.24, 2.45) is 5.10 Å². The molecule has 138 valence electrons. The fourth-order valence-corrected chi connectivity index (χ4v) is 3.34. The van der Waals surface area contributed by atoms with E-state index in [4.69, 9.17) is 4.74 Å². The summed E-state index contributed by atoms with van der Waals surface area (Å²) in [6, 6.07) is 17.5. The highest BCUT2D eigenvalue weighted by Gasteiger charge is 2.12. The third-order valence-electron chi connectivity index (χ3n) is 4.06. The lowest BCUT2D eigenvalue weighted by atomic mass is 9.99. The van der Waals surface area contributed by atoms with Gasteiger partial charge in [-0.05, 0) is 76.8 Å². The largest absolute Gasteiger partial charge is 0.490 e. The number of fused-ring (bicyclic) bond motifs is 1. The number of hydrazone groups is 1. The van der Waals surface area contributed by atoms with Crippen molar-refractivity contribution >= 4 is 38.8 Å². The molecule has 0 aliphatic carbocycles. The van der Waals surface area contributed by atoms with Crippen LogP contribution in [-0.2, 0) is 0 Å². The number of hydrogen-bond donors (Lipinski definition) is 1. The summed E-state index contributed by atoms with van der Waals surface area (Å²) >= 11 is 3.50. The number of hydrogen-bond acceptors (Lipinski definition) is 3. The van der Waals surface area contributed by atoms with Gasteiger partial charge in [-0.25, -0.2) is 5.43 Å². The summed E-state index contributed by atoms with van der Waals surface area (Å²) < 4.78 is 6.54. The summed E-state index contributed by atoms with van der Waals surface area (Å²) in [5, 5.41) is 6.06. The summed E-state index contributed by atoms with van der Waals surface area (Å²) in [4.78, 5) is 12.7. The van der Waals surface area contributed by atoms with Gasteiger partial charge in [0, 0.05) is 0 Å². The smallest absolute Gasteiger partial charge is 0.272 e. The molecule has 0 fully saturated rings. The molecule has 4 nitrogen and oxygen atoms in total. The molecule has 0 spiro atoms. The molecule has 0 aliphatic heterocycles. The third-order valence-corrected chi connectivity index (χ3v) is 4.68. The van der Waals surface area contributed by atoms with E-state index in [1.807, 2.05) is 75.4 Å². The number of halogens is 1. The summed E-state index contributed by atoms with van der Waals surface area (Å²) in [5.41, 5.74) is 5.05. The molecule has 0 saturated carbocycles. The van der Waals surface area contributed by atoms with E-state index in [-0.39, 0.29) is 12.0 Å². The molecule has 0 unspecified atom stereocenters. The molecule has 1 N–H and O–H groups in total. The predicted octanol–water partition coefficient (Wildman–Crippen LogP) is 5.46. The summed E-state index contributed by atoms with van der Waals surface area (Å²) in [6.07, 6.45) is 1.71. The Labute approximate surface area is 167 Å². The second-order valence-electron chi connectivity index (χ2n) is 6.53. The number of rotatable bonds is 5. The Balaban J connectivity index is 1.76. The maximum absolute atomic E-state index is 12.7. The fraction of sp³-hybridized carbons (Fsp3) is 0.182. The van der Waals surface area contributed by atoms with Gasteiger partial charge < -0.3 is 4.74 Å². The van der Waals surface area contributed by atoms with Gasteiger partial charge >= 0.3 is 0 Å². The first-order valence-corrected chi connectivity index (χ1v) is 9.53. The molecule has 3 aromatic rings. The van der Waals surface area contributed by atoms with Crippen molar-refractivity contribution in [2.45, 2.75) is 26.9 Å². The highest BCUT2D eigenvalue weighted by atomic mass is 79.9. The fourth-order valence-electron chi connectivity index (χ4n) is 2.85. The van der Waals surface area contributed by atoms with Crippen LogP contribution in [-0.4, -0.2) is 18.2 Å². The molecule has 0 atom stereocenters. The molecule has 3 rings (SSSR count). The minimum absolute atomic E-state index is 0.101. The van der Waals surface area contributed by atoms with E-state index in [9.17, 15) is 4.79 Å². The van der Waals surface area contributed by atoms with E-state index in [1.165, 1.54) is 0 Å². The zero-order valence-corrected chi connectivity index (χ0v) is 17.1. The first-order chi connectivity index (χ1) is 13.0. The van der Waals surface area contributed by atoms with Gasteiger partial charge in [0.2, 0.25) is 0 Å². The van der Waals surface area contributed by atoms with Crippen LogP contribution in [0.25, 0.3) is 10.8 Å². The molecule has 0 bridgehead atoms. The van der Waals surface area contributed by atoms with Gasteiger partial charge in [-0.1, -0.05) is 36.4 Å². The number of carbonyl (C=O) groups is 1. The molecular weight excluding hydrogens is 404 g/mol. The number of nitrogens with zero attached hydrogens (tertiary/aromatic N) is 1. The van der Waals surface area contributed by atoms with E-state index in [1.54, 1.807) is 6.21 Å². The van der Waals surface area contributed by atoms with Gasteiger partial charge in [0.05, 0.1) is 22.4 Å². The predicted molar refractivity (Wildman–Crippen MR) is 114 cm³/mol. The van der Waals surface area contributed by atoms with Gasteiger partial charge in [0.1, 0.15) is 5.75 Å². The summed E-state index contributed by atoms with van der Waals surface area (Å²) in [7, 11) is 0. The molecule has 27 heavy (non-hydrogen) atoms. The van der Waals surface area contributed by atoms with Gasteiger partial charge in [-0.15, -0.1) is 0 Å². The lowest BCUT2D eigenvalue weighted by Crippen LogP contribution is -2.19. The Kier molecular flexibility index (Phi) is 5.91. The first kappa shape index (κ1) is 19.1. The Morgan fingerprint density at radius 1 is 1.15 bits per heavy atom. The molecule has 1 amide bonds. The maximum Gasteiger partial charge on any atom is 0.272 e. The highest BCUT2D eigenvalue weighted by Crippen LogP contribution is 2.26. The van der Waals surface area contributed by atoms with Gasteiger partial charge in [0.25, 0.3) is 5.91 Å². The zero-order chi connectivity index (χ0) is 19.4. The second-order valence-corrected chi connectivity index (χ2v) is 7.39. The number of ether oxygens (including phenoxy) is 1.